The third kappa shape index (κ3) is 5.21. The van der Waals surface area contributed by atoms with Gasteiger partial charge in [-0.15, -0.1) is 11.8 Å². The number of benzene rings is 2. The van der Waals surface area contributed by atoms with Gasteiger partial charge in [-0.3, -0.25) is 19.7 Å². The summed E-state index contributed by atoms with van der Waals surface area (Å²) < 4.78 is 10.6. The largest absolute Gasteiger partial charge is 0.490 e. The SMILES string of the molecule is CCOc1cc(C#N)ccc1OC(=O)CSc1ccc(C(N)=O)cc1[N+](=O)[O-]. The average Bonchev–Trinajstić information content (AvgIpc) is 2.67. The number of nitrogens with two attached hydrogens (primary N) is 1. The highest BCUT2D eigenvalue weighted by atomic mass is 32.2. The van der Waals surface area contributed by atoms with Crippen LogP contribution in [0.2, 0.25) is 0 Å². The van der Waals surface area contributed by atoms with Crippen LogP contribution in [0.4, 0.5) is 5.69 Å². The monoisotopic (exact) mass is 401 g/mol. The maximum atomic E-state index is 12.1. The second-order valence-corrected chi connectivity index (χ2v) is 6.29. The summed E-state index contributed by atoms with van der Waals surface area (Å²) in [4.78, 5) is 34.0. The summed E-state index contributed by atoms with van der Waals surface area (Å²) in [5.74, 6) is -1.28. The Labute approximate surface area is 164 Å². The topological polar surface area (TPSA) is 146 Å². The van der Waals surface area contributed by atoms with Gasteiger partial charge in [-0.25, -0.2) is 0 Å². The molecule has 2 N–H and O–H groups in total. The Bertz CT molecular complexity index is 970. The van der Waals surface area contributed by atoms with E-state index in [4.69, 9.17) is 20.5 Å². The van der Waals surface area contributed by atoms with E-state index in [0.717, 1.165) is 17.8 Å². The maximum absolute atomic E-state index is 12.1. The number of primary amides is 1. The molecule has 0 radical (unpaired) electrons. The van der Waals surface area contributed by atoms with Gasteiger partial charge in [-0.2, -0.15) is 5.26 Å². The molecule has 0 saturated heterocycles. The molecule has 2 aromatic rings. The van der Waals surface area contributed by atoms with Crippen molar-refractivity contribution in [3.8, 4) is 17.6 Å². The van der Waals surface area contributed by atoms with E-state index in [1.165, 1.54) is 30.3 Å². The fourth-order valence-corrected chi connectivity index (χ4v) is 2.93. The van der Waals surface area contributed by atoms with Crippen LogP contribution in [0.5, 0.6) is 11.5 Å². The van der Waals surface area contributed by atoms with Crippen molar-refractivity contribution in [3.63, 3.8) is 0 Å². The van der Waals surface area contributed by atoms with E-state index in [1.54, 1.807) is 6.92 Å². The highest BCUT2D eigenvalue weighted by molar-refractivity contribution is 8.00. The van der Waals surface area contributed by atoms with Crippen molar-refractivity contribution in [2.45, 2.75) is 11.8 Å². The van der Waals surface area contributed by atoms with Crippen LogP contribution >= 0.6 is 11.8 Å². The van der Waals surface area contributed by atoms with E-state index in [9.17, 15) is 19.7 Å². The Morgan fingerprint density at radius 1 is 1.25 bits per heavy atom. The summed E-state index contributed by atoms with van der Waals surface area (Å²) in [5.41, 5.74) is 5.14. The minimum Gasteiger partial charge on any atom is -0.490 e. The van der Waals surface area contributed by atoms with Crippen molar-refractivity contribution in [2.24, 2.45) is 5.73 Å². The molecule has 0 spiro atoms. The Kier molecular flexibility index (Phi) is 6.95. The lowest BCUT2D eigenvalue weighted by Gasteiger charge is -2.11. The third-order valence-electron chi connectivity index (χ3n) is 3.38. The Balaban J connectivity index is 2.12. The lowest BCUT2D eigenvalue weighted by molar-refractivity contribution is -0.387. The van der Waals surface area contributed by atoms with Crippen LogP contribution in [0.25, 0.3) is 0 Å². The predicted octanol–water partition coefficient (Wildman–Crippen LogP) is 2.66. The number of thioether (sulfide) groups is 1. The summed E-state index contributed by atoms with van der Waals surface area (Å²) in [7, 11) is 0. The molecule has 0 aliphatic rings. The first-order valence-corrected chi connectivity index (χ1v) is 8.93. The van der Waals surface area contributed by atoms with Gasteiger partial charge in [0.2, 0.25) is 5.91 Å². The van der Waals surface area contributed by atoms with Gasteiger partial charge >= 0.3 is 5.97 Å². The number of carbonyl (C=O) groups is 2. The highest BCUT2D eigenvalue weighted by Crippen LogP contribution is 2.32. The molecule has 0 aliphatic carbocycles. The lowest BCUT2D eigenvalue weighted by Crippen LogP contribution is -2.13. The molecule has 0 atom stereocenters. The van der Waals surface area contributed by atoms with Gasteiger partial charge in [-0.1, -0.05) is 0 Å². The first kappa shape index (κ1) is 20.7. The van der Waals surface area contributed by atoms with E-state index in [0.29, 0.717) is 12.2 Å². The van der Waals surface area contributed by atoms with Crippen LogP contribution in [0.1, 0.15) is 22.8 Å². The summed E-state index contributed by atoms with van der Waals surface area (Å²) in [5, 5.41) is 20.1. The van der Waals surface area contributed by atoms with Gasteiger partial charge in [0.25, 0.3) is 5.69 Å². The van der Waals surface area contributed by atoms with E-state index in [2.05, 4.69) is 0 Å². The molecule has 2 rings (SSSR count). The normalized spacial score (nSPS) is 10.0. The zero-order valence-corrected chi connectivity index (χ0v) is 15.5. The van der Waals surface area contributed by atoms with Crippen molar-refractivity contribution in [3.05, 3.63) is 57.6 Å². The fourth-order valence-electron chi connectivity index (χ4n) is 2.15. The zero-order chi connectivity index (χ0) is 20.7. The Morgan fingerprint density at radius 2 is 2.00 bits per heavy atom. The molecule has 0 heterocycles. The van der Waals surface area contributed by atoms with Crippen LogP contribution in [0, 0.1) is 21.4 Å². The zero-order valence-electron chi connectivity index (χ0n) is 14.7. The number of rotatable bonds is 8. The lowest BCUT2D eigenvalue weighted by atomic mass is 10.2. The third-order valence-corrected chi connectivity index (χ3v) is 4.42. The number of amides is 1. The number of esters is 1. The molecule has 28 heavy (non-hydrogen) atoms. The smallest absolute Gasteiger partial charge is 0.321 e. The van der Waals surface area contributed by atoms with Crippen LogP contribution in [-0.4, -0.2) is 29.2 Å². The summed E-state index contributed by atoms with van der Waals surface area (Å²) in [6, 6.07) is 10.1. The van der Waals surface area contributed by atoms with Crippen molar-refractivity contribution in [1.29, 1.82) is 5.26 Å². The van der Waals surface area contributed by atoms with Crippen LogP contribution in [0.15, 0.2) is 41.3 Å². The van der Waals surface area contributed by atoms with Crippen molar-refractivity contribution in [1.82, 2.24) is 0 Å². The molecule has 0 aromatic heterocycles. The molecule has 0 saturated carbocycles. The number of nitrogens with zero attached hydrogens (tertiary/aromatic N) is 2. The molecule has 0 aliphatic heterocycles. The number of nitro groups is 1. The molecule has 1 amide bonds. The molecule has 0 bridgehead atoms. The number of nitro benzene ring substituents is 1. The number of ether oxygens (including phenoxy) is 2. The summed E-state index contributed by atoms with van der Waals surface area (Å²) in [6.07, 6.45) is 0. The number of nitriles is 1. The van der Waals surface area contributed by atoms with E-state index in [-0.39, 0.29) is 33.4 Å². The molecule has 0 fully saturated rings. The molecular weight excluding hydrogens is 386 g/mol. The predicted molar refractivity (Wildman–Crippen MR) is 100 cm³/mol. The maximum Gasteiger partial charge on any atom is 0.321 e. The number of carbonyl (C=O) groups excluding carboxylic acids is 2. The minimum absolute atomic E-state index is 0.00225. The first-order chi connectivity index (χ1) is 13.3. The average molecular weight is 401 g/mol. The second kappa shape index (κ2) is 9.38. The van der Waals surface area contributed by atoms with Crippen LogP contribution in [0.3, 0.4) is 0 Å². The van der Waals surface area contributed by atoms with Crippen molar-refractivity contribution in [2.75, 3.05) is 12.4 Å². The molecule has 2 aromatic carbocycles. The van der Waals surface area contributed by atoms with E-state index >= 15 is 0 Å². The second-order valence-electron chi connectivity index (χ2n) is 5.27. The molecule has 144 valence electrons. The Hall–Kier alpha value is -3.58. The quantitative estimate of drug-likeness (QED) is 0.233. The highest BCUT2D eigenvalue weighted by Gasteiger charge is 2.19. The van der Waals surface area contributed by atoms with Gasteiger partial charge < -0.3 is 15.2 Å². The first-order valence-electron chi connectivity index (χ1n) is 7.94. The fraction of sp³-hybridized carbons (Fsp3) is 0.167. The minimum atomic E-state index is -0.789. The molecule has 9 nitrogen and oxygen atoms in total. The van der Waals surface area contributed by atoms with Crippen molar-refractivity contribution < 1.29 is 24.0 Å². The van der Waals surface area contributed by atoms with Crippen molar-refractivity contribution >= 4 is 29.3 Å². The molecule has 0 unspecified atom stereocenters. The van der Waals surface area contributed by atoms with Gasteiger partial charge in [0.1, 0.15) is 0 Å². The molecular formula is C18H15N3O6S. The van der Waals surface area contributed by atoms with Gasteiger partial charge in [-0.05, 0) is 31.2 Å². The summed E-state index contributed by atoms with van der Waals surface area (Å²) in [6.45, 7) is 2.06. The standard InChI is InChI=1S/C18H15N3O6S/c1-2-26-15-7-11(9-19)3-5-14(15)27-17(22)10-28-16-6-4-12(18(20)23)8-13(16)21(24)25/h3-8H,2,10H2,1H3,(H2,20,23). The van der Waals surface area contributed by atoms with Gasteiger partial charge in [0, 0.05) is 17.7 Å². The van der Waals surface area contributed by atoms with E-state index < -0.39 is 16.8 Å². The number of hydrogen-bond acceptors (Lipinski definition) is 8. The van der Waals surface area contributed by atoms with Gasteiger partial charge in [0.15, 0.2) is 11.5 Å². The van der Waals surface area contributed by atoms with Crippen LogP contribution in [-0.2, 0) is 4.79 Å². The number of hydrogen-bond donors (Lipinski definition) is 1. The van der Waals surface area contributed by atoms with Crippen LogP contribution < -0.4 is 15.2 Å². The Morgan fingerprint density at radius 3 is 2.61 bits per heavy atom. The van der Waals surface area contributed by atoms with Gasteiger partial charge in [0.05, 0.1) is 33.8 Å². The summed E-state index contributed by atoms with van der Waals surface area (Å²) >= 11 is 0.889. The van der Waals surface area contributed by atoms with E-state index in [1.807, 2.05) is 6.07 Å². The molecule has 10 heteroatoms.